The van der Waals surface area contributed by atoms with Gasteiger partial charge in [-0.3, -0.25) is 5.10 Å². The van der Waals surface area contributed by atoms with Crippen molar-refractivity contribution in [3.63, 3.8) is 0 Å². The first-order valence-corrected chi connectivity index (χ1v) is 8.02. The zero-order valence-corrected chi connectivity index (χ0v) is 13.9. The Balaban J connectivity index is 1.88. The summed E-state index contributed by atoms with van der Waals surface area (Å²) in [5.74, 6) is 1.62. The molecular formula is C16H22N4OS. The normalized spacial score (nSPS) is 11.2. The van der Waals surface area contributed by atoms with Crippen molar-refractivity contribution in [2.24, 2.45) is 5.10 Å². The molecule has 1 aromatic heterocycles. The minimum atomic E-state index is 0.487. The van der Waals surface area contributed by atoms with Gasteiger partial charge in [0.25, 0.3) is 0 Å². The van der Waals surface area contributed by atoms with Crippen LogP contribution in [0, 0.1) is 11.7 Å². The summed E-state index contributed by atoms with van der Waals surface area (Å²) < 4.78 is 7.79. The van der Waals surface area contributed by atoms with Gasteiger partial charge in [0.2, 0.25) is 4.77 Å². The van der Waals surface area contributed by atoms with Gasteiger partial charge in [-0.25, -0.2) is 0 Å². The highest BCUT2D eigenvalue weighted by atomic mass is 32.1. The summed E-state index contributed by atoms with van der Waals surface area (Å²) in [5, 5.41) is 11.0. The number of aromatic nitrogens is 3. The summed E-state index contributed by atoms with van der Waals surface area (Å²) in [6.07, 6.45) is 6.60. The maximum absolute atomic E-state index is 5.71. The molecule has 118 valence electrons. The molecule has 0 atom stereocenters. The predicted molar refractivity (Wildman–Crippen MR) is 91.2 cm³/mol. The summed E-state index contributed by atoms with van der Waals surface area (Å²) >= 11 is 5.10. The lowest BCUT2D eigenvalue weighted by molar-refractivity contribution is 0.305. The third-order valence-electron chi connectivity index (χ3n) is 3.28. The Morgan fingerprint density at radius 2 is 2.05 bits per heavy atom. The van der Waals surface area contributed by atoms with Gasteiger partial charge in [0.05, 0.1) is 12.8 Å². The molecule has 0 spiro atoms. The molecule has 1 aromatic carbocycles. The highest BCUT2D eigenvalue weighted by Gasteiger charge is 1.98. The fourth-order valence-electron chi connectivity index (χ4n) is 2.00. The zero-order valence-electron chi connectivity index (χ0n) is 13.1. The van der Waals surface area contributed by atoms with E-state index in [0.717, 1.165) is 30.2 Å². The molecule has 0 aliphatic heterocycles. The first-order chi connectivity index (χ1) is 10.7. The van der Waals surface area contributed by atoms with Crippen molar-refractivity contribution in [1.29, 1.82) is 0 Å². The summed E-state index contributed by atoms with van der Waals surface area (Å²) in [6.45, 7) is 4.83. The quantitative estimate of drug-likeness (QED) is 0.453. The van der Waals surface area contributed by atoms with Crippen LogP contribution in [0.25, 0.3) is 0 Å². The first kappa shape index (κ1) is 16.4. The van der Waals surface area contributed by atoms with Crippen molar-refractivity contribution in [2.75, 3.05) is 6.61 Å². The number of hydrogen-bond acceptors (Lipinski definition) is 4. The van der Waals surface area contributed by atoms with E-state index < -0.39 is 0 Å². The minimum Gasteiger partial charge on any atom is -0.494 e. The van der Waals surface area contributed by atoms with E-state index in [4.69, 9.17) is 17.0 Å². The van der Waals surface area contributed by atoms with Crippen molar-refractivity contribution >= 4 is 18.4 Å². The monoisotopic (exact) mass is 318 g/mol. The largest absolute Gasteiger partial charge is 0.494 e. The molecule has 0 aliphatic carbocycles. The molecular weight excluding hydrogens is 296 g/mol. The van der Waals surface area contributed by atoms with Crippen molar-refractivity contribution < 1.29 is 4.74 Å². The Morgan fingerprint density at radius 3 is 2.68 bits per heavy atom. The molecule has 0 radical (unpaired) electrons. The molecule has 0 fully saturated rings. The molecule has 22 heavy (non-hydrogen) atoms. The molecule has 0 amide bonds. The minimum absolute atomic E-state index is 0.487. The number of rotatable bonds is 8. The second-order valence-corrected chi connectivity index (χ2v) is 5.50. The Morgan fingerprint density at radius 1 is 1.27 bits per heavy atom. The number of benzene rings is 1. The van der Waals surface area contributed by atoms with Gasteiger partial charge in [-0.1, -0.05) is 26.2 Å². The van der Waals surface area contributed by atoms with Crippen LogP contribution in [0.2, 0.25) is 0 Å². The molecule has 0 saturated carbocycles. The molecule has 2 aromatic rings. The number of aromatic amines is 1. The molecule has 2 rings (SSSR count). The lowest BCUT2D eigenvalue weighted by Gasteiger charge is -2.05. The van der Waals surface area contributed by atoms with Gasteiger partial charge in [0.15, 0.2) is 0 Å². The number of nitrogens with one attached hydrogen (secondary N) is 1. The topological polar surface area (TPSA) is 55.2 Å². The van der Waals surface area contributed by atoms with Crippen LogP contribution in [-0.2, 0) is 0 Å². The summed E-state index contributed by atoms with van der Waals surface area (Å²) in [6, 6.07) is 7.87. The van der Waals surface area contributed by atoms with E-state index in [9.17, 15) is 0 Å². The van der Waals surface area contributed by atoms with Gasteiger partial charge in [-0.05, 0) is 55.4 Å². The van der Waals surface area contributed by atoms with E-state index in [1.165, 1.54) is 19.3 Å². The SMILES string of the molecule is CCCCCCOc1ccc(/C=N/n2c(C)n[nH]c2=S)cc1. The molecule has 1 heterocycles. The average Bonchev–Trinajstić information content (AvgIpc) is 2.85. The summed E-state index contributed by atoms with van der Waals surface area (Å²) in [5.41, 5.74) is 0.987. The fraction of sp³-hybridized carbons (Fsp3) is 0.438. The average molecular weight is 318 g/mol. The van der Waals surface area contributed by atoms with Gasteiger partial charge in [0.1, 0.15) is 11.6 Å². The van der Waals surface area contributed by atoms with Crippen LogP contribution in [-0.4, -0.2) is 27.7 Å². The van der Waals surface area contributed by atoms with Crippen LogP contribution in [0.4, 0.5) is 0 Å². The Hall–Kier alpha value is -1.95. The molecule has 6 heteroatoms. The van der Waals surface area contributed by atoms with Crippen LogP contribution in [0.5, 0.6) is 5.75 Å². The van der Waals surface area contributed by atoms with Crippen molar-refractivity contribution in [3.05, 3.63) is 40.4 Å². The van der Waals surface area contributed by atoms with Gasteiger partial charge in [-0.2, -0.15) is 14.9 Å². The number of ether oxygens (including phenoxy) is 1. The van der Waals surface area contributed by atoms with Gasteiger partial charge >= 0.3 is 0 Å². The lowest BCUT2D eigenvalue weighted by Crippen LogP contribution is -1.97. The first-order valence-electron chi connectivity index (χ1n) is 7.62. The van der Waals surface area contributed by atoms with E-state index in [1.54, 1.807) is 10.9 Å². The molecule has 1 N–H and O–H groups in total. The van der Waals surface area contributed by atoms with E-state index in [-0.39, 0.29) is 0 Å². The zero-order chi connectivity index (χ0) is 15.8. The van der Waals surface area contributed by atoms with Gasteiger partial charge in [-0.15, -0.1) is 0 Å². The van der Waals surface area contributed by atoms with Crippen LogP contribution in [0.3, 0.4) is 0 Å². The number of hydrogen-bond donors (Lipinski definition) is 1. The maximum Gasteiger partial charge on any atom is 0.216 e. The second-order valence-electron chi connectivity index (χ2n) is 5.11. The maximum atomic E-state index is 5.71. The third-order valence-corrected chi connectivity index (χ3v) is 3.55. The lowest BCUT2D eigenvalue weighted by atomic mass is 10.2. The number of H-pyrrole nitrogens is 1. The summed E-state index contributed by atoms with van der Waals surface area (Å²) in [4.78, 5) is 0. The molecule has 0 saturated heterocycles. The molecule has 0 bridgehead atoms. The third kappa shape index (κ3) is 4.80. The number of nitrogens with zero attached hydrogens (tertiary/aromatic N) is 3. The van der Waals surface area contributed by atoms with Crippen LogP contribution in [0.15, 0.2) is 29.4 Å². The van der Waals surface area contributed by atoms with Gasteiger partial charge < -0.3 is 4.74 Å². The van der Waals surface area contributed by atoms with E-state index in [1.807, 2.05) is 31.2 Å². The fourth-order valence-corrected chi connectivity index (χ4v) is 2.22. The van der Waals surface area contributed by atoms with E-state index in [2.05, 4.69) is 22.2 Å². The van der Waals surface area contributed by atoms with Crippen molar-refractivity contribution in [2.45, 2.75) is 39.5 Å². The van der Waals surface area contributed by atoms with Crippen LogP contribution < -0.4 is 4.74 Å². The number of unbranched alkanes of at least 4 members (excludes halogenated alkanes) is 3. The van der Waals surface area contributed by atoms with E-state index >= 15 is 0 Å². The Kier molecular flexibility index (Phi) is 6.33. The molecule has 0 unspecified atom stereocenters. The highest BCUT2D eigenvalue weighted by molar-refractivity contribution is 7.71. The van der Waals surface area contributed by atoms with Gasteiger partial charge in [0, 0.05) is 0 Å². The second kappa shape index (κ2) is 8.48. The van der Waals surface area contributed by atoms with Crippen molar-refractivity contribution in [3.8, 4) is 5.75 Å². The highest BCUT2D eigenvalue weighted by Crippen LogP contribution is 2.12. The summed E-state index contributed by atoms with van der Waals surface area (Å²) in [7, 11) is 0. The molecule has 5 nitrogen and oxygen atoms in total. The molecule has 0 aliphatic rings. The Bertz CT molecular complexity index is 658. The Labute approximate surface area is 136 Å². The van der Waals surface area contributed by atoms with Crippen molar-refractivity contribution in [1.82, 2.24) is 14.9 Å². The standard InChI is InChI=1S/C16H22N4OS/c1-3-4-5-6-11-21-15-9-7-14(8-10-15)12-17-20-13(2)18-19-16(20)22/h7-10,12H,3-6,11H2,1-2H3,(H,19,22)/b17-12+. The van der Waals surface area contributed by atoms with E-state index in [0.29, 0.717) is 4.77 Å². The van der Waals surface area contributed by atoms with Crippen LogP contribution >= 0.6 is 12.2 Å². The predicted octanol–water partition coefficient (Wildman–Crippen LogP) is 4.09. The smallest absolute Gasteiger partial charge is 0.216 e. The number of aryl methyl sites for hydroxylation is 1. The van der Waals surface area contributed by atoms with Crippen LogP contribution in [0.1, 0.15) is 44.0 Å².